The minimum Gasteiger partial charge on any atom is -0.457 e. The second-order valence-electron chi connectivity index (χ2n) is 7.81. The van der Waals surface area contributed by atoms with Crippen LogP contribution in [0.3, 0.4) is 0 Å². The number of hydrogen-bond donors (Lipinski definition) is 2. The van der Waals surface area contributed by atoms with Gasteiger partial charge in [-0.3, -0.25) is 9.69 Å². The summed E-state index contributed by atoms with van der Waals surface area (Å²) in [7, 11) is 0. The van der Waals surface area contributed by atoms with Crippen LogP contribution < -0.4 is 20.3 Å². The van der Waals surface area contributed by atoms with Gasteiger partial charge >= 0.3 is 6.03 Å². The molecule has 0 saturated heterocycles. The maximum absolute atomic E-state index is 13.1. The van der Waals surface area contributed by atoms with Crippen LogP contribution in [0.4, 0.5) is 16.2 Å². The van der Waals surface area contributed by atoms with Crippen LogP contribution >= 0.6 is 0 Å². The third-order valence-corrected chi connectivity index (χ3v) is 5.03. The second kappa shape index (κ2) is 12.3. The van der Waals surface area contributed by atoms with Crippen molar-refractivity contribution in [3.63, 3.8) is 0 Å². The number of carbonyl (C=O) groups excluding carboxylic acids is 2. The van der Waals surface area contributed by atoms with Crippen molar-refractivity contribution in [1.82, 2.24) is 5.32 Å². The van der Waals surface area contributed by atoms with Gasteiger partial charge in [-0.15, -0.1) is 0 Å². The third kappa shape index (κ3) is 7.68. The Morgan fingerprint density at radius 3 is 2.21 bits per heavy atom. The molecule has 0 saturated carbocycles. The van der Waals surface area contributed by atoms with Crippen LogP contribution in [-0.2, 0) is 4.79 Å². The number of aryl methyl sites for hydroxylation is 1. The Morgan fingerprint density at radius 2 is 1.55 bits per heavy atom. The molecule has 0 atom stereocenters. The second-order valence-corrected chi connectivity index (χ2v) is 7.81. The molecule has 0 unspecified atom stereocenters. The number of para-hydroxylation sites is 1. The number of rotatable bonds is 10. The highest BCUT2D eigenvalue weighted by Gasteiger charge is 2.16. The zero-order chi connectivity index (χ0) is 23.5. The van der Waals surface area contributed by atoms with Gasteiger partial charge in [-0.25, -0.2) is 4.79 Å². The average Bonchev–Trinajstić information content (AvgIpc) is 2.82. The van der Waals surface area contributed by atoms with E-state index in [1.54, 1.807) is 4.90 Å². The number of nitrogens with one attached hydrogen (secondary N) is 2. The van der Waals surface area contributed by atoms with Crippen molar-refractivity contribution in [2.45, 2.75) is 33.1 Å². The van der Waals surface area contributed by atoms with Crippen molar-refractivity contribution in [3.8, 4) is 11.5 Å². The monoisotopic (exact) mass is 445 g/mol. The molecule has 172 valence electrons. The summed E-state index contributed by atoms with van der Waals surface area (Å²) in [5.41, 5.74) is 2.61. The van der Waals surface area contributed by atoms with E-state index in [2.05, 4.69) is 10.6 Å². The van der Waals surface area contributed by atoms with Gasteiger partial charge in [-0.1, -0.05) is 42.8 Å². The smallest absolute Gasteiger partial charge is 0.326 e. The van der Waals surface area contributed by atoms with Gasteiger partial charge in [0.05, 0.1) is 0 Å². The molecular formula is C27H31N3O3. The first-order chi connectivity index (χ1) is 16.0. The Morgan fingerprint density at radius 1 is 0.879 bits per heavy atom. The Balaban J connectivity index is 1.68. The first kappa shape index (κ1) is 23.9. The van der Waals surface area contributed by atoms with Crippen molar-refractivity contribution < 1.29 is 14.3 Å². The molecule has 33 heavy (non-hydrogen) atoms. The number of anilines is 2. The molecule has 6 nitrogen and oxygen atoms in total. The Hall–Kier alpha value is -3.80. The maximum atomic E-state index is 13.1. The fourth-order valence-corrected chi connectivity index (χ4v) is 3.27. The predicted octanol–water partition coefficient (Wildman–Crippen LogP) is 6.13. The first-order valence-electron chi connectivity index (χ1n) is 11.3. The van der Waals surface area contributed by atoms with E-state index >= 15 is 0 Å². The van der Waals surface area contributed by atoms with Crippen molar-refractivity contribution >= 4 is 23.3 Å². The molecule has 2 N–H and O–H groups in total. The lowest BCUT2D eigenvalue weighted by molar-refractivity contribution is -0.121. The molecule has 0 spiro atoms. The molecular weight excluding hydrogens is 414 g/mol. The fourth-order valence-electron chi connectivity index (χ4n) is 3.27. The zero-order valence-electron chi connectivity index (χ0n) is 19.2. The van der Waals surface area contributed by atoms with Gasteiger partial charge in [0.2, 0.25) is 5.91 Å². The molecule has 0 bridgehead atoms. The predicted molar refractivity (Wildman–Crippen MR) is 133 cm³/mol. The summed E-state index contributed by atoms with van der Waals surface area (Å²) < 4.78 is 5.86. The van der Waals surface area contributed by atoms with Crippen LogP contribution in [0.5, 0.6) is 11.5 Å². The van der Waals surface area contributed by atoms with Crippen molar-refractivity contribution in [2.24, 2.45) is 0 Å². The minimum absolute atomic E-state index is 0.0376. The number of carbonyl (C=O) groups is 2. The van der Waals surface area contributed by atoms with Crippen molar-refractivity contribution in [1.29, 1.82) is 0 Å². The molecule has 3 amide bonds. The Labute approximate surface area is 195 Å². The highest BCUT2D eigenvalue weighted by atomic mass is 16.5. The van der Waals surface area contributed by atoms with E-state index in [1.165, 1.54) is 0 Å². The van der Waals surface area contributed by atoms with Gasteiger partial charge in [0.25, 0.3) is 0 Å². The van der Waals surface area contributed by atoms with Crippen LogP contribution in [0.15, 0.2) is 78.9 Å². The topological polar surface area (TPSA) is 70.7 Å². The fraction of sp³-hybridized carbons (Fsp3) is 0.259. The normalized spacial score (nSPS) is 10.4. The average molecular weight is 446 g/mol. The number of amides is 3. The Kier molecular flexibility index (Phi) is 8.88. The molecule has 6 heteroatoms. The number of urea groups is 1. The van der Waals surface area contributed by atoms with E-state index in [0.717, 1.165) is 29.1 Å². The summed E-state index contributed by atoms with van der Waals surface area (Å²) in [5.74, 6) is 1.48. The minimum atomic E-state index is -0.226. The quantitative estimate of drug-likeness (QED) is 0.369. The zero-order valence-corrected chi connectivity index (χ0v) is 19.2. The Bertz CT molecular complexity index is 1020. The van der Waals surface area contributed by atoms with Crippen LogP contribution in [0.25, 0.3) is 0 Å². The highest BCUT2D eigenvalue weighted by Crippen LogP contribution is 2.25. The van der Waals surface area contributed by atoms with Gasteiger partial charge in [-0.05, 0) is 68.3 Å². The molecule has 0 aliphatic heterocycles. The highest BCUT2D eigenvalue weighted by molar-refractivity contribution is 6.01. The van der Waals surface area contributed by atoms with E-state index < -0.39 is 0 Å². The van der Waals surface area contributed by atoms with Gasteiger partial charge in [-0.2, -0.15) is 0 Å². The molecule has 0 radical (unpaired) electrons. The standard InChI is InChI=1S/C27H31N3O3/c1-3-8-26(31)28-19-7-20-30(27(32)29-22-13-11-21(2)12-14-22)23-15-17-25(18-16-23)33-24-9-5-4-6-10-24/h4-6,9-18H,3,7-8,19-20H2,1-2H3,(H,28,31)(H,29,32). The molecule has 3 rings (SSSR count). The number of ether oxygens (including phenoxy) is 1. The lowest BCUT2D eigenvalue weighted by Gasteiger charge is -2.24. The first-order valence-corrected chi connectivity index (χ1v) is 11.3. The van der Waals surface area contributed by atoms with Gasteiger partial charge < -0.3 is 15.4 Å². The number of benzene rings is 3. The molecule has 0 heterocycles. The summed E-state index contributed by atoms with van der Waals surface area (Å²) in [6.07, 6.45) is 1.97. The SMILES string of the molecule is CCCC(=O)NCCCN(C(=O)Nc1ccc(C)cc1)c1ccc(Oc2ccccc2)cc1. The van der Waals surface area contributed by atoms with Crippen LogP contribution in [0.2, 0.25) is 0 Å². The van der Waals surface area contributed by atoms with Gasteiger partial charge in [0, 0.05) is 30.9 Å². The molecule has 0 aliphatic rings. The summed E-state index contributed by atoms with van der Waals surface area (Å²) in [4.78, 5) is 26.5. The van der Waals surface area contributed by atoms with Gasteiger partial charge in [0.1, 0.15) is 11.5 Å². The van der Waals surface area contributed by atoms with E-state index in [4.69, 9.17) is 4.74 Å². The maximum Gasteiger partial charge on any atom is 0.326 e. The molecule has 0 fully saturated rings. The number of hydrogen-bond acceptors (Lipinski definition) is 3. The molecule has 3 aromatic rings. The summed E-state index contributed by atoms with van der Waals surface area (Å²) >= 11 is 0. The van der Waals surface area contributed by atoms with Crippen LogP contribution in [0.1, 0.15) is 31.7 Å². The molecule has 0 aliphatic carbocycles. The van der Waals surface area contributed by atoms with Crippen LogP contribution in [-0.4, -0.2) is 25.0 Å². The van der Waals surface area contributed by atoms with Gasteiger partial charge in [0.15, 0.2) is 0 Å². The van der Waals surface area contributed by atoms with E-state index in [1.807, 2.05) is 92.7 Å². The largest absolute Gasteiger partial charge is 0.457 e. The lowest BCUT2D eigenvalue weighted by Crippen LogP contribution is -2.37. The van der Waals surface area contributed by atoms with Crippen molar-refractivity contribution in [3.05, 3.63) is 84.4 Å². The summed E-state index contributed by atoms with van der Waals surface area (Å²) in [6.45, 7) is 4.96. The summed E-state index contributed by atoms with van der Waals surface area (Å²) in [5, 5.41) is 5.86. The van der Waals surface area contributed by atoms with E-state index in [9.17, 15) is 9.59 Å². The van der Waals surface area contributed by atoms with E-state index in [0.29, 0.717) is 31.7 Å². The third-order valence-electron chi connectivity index (χ3n) is 5.03. The molecule has 3 aromatic carbocycles. The van der Waals surface area contributed by atoms with Crippen molar-refractivity contribution in [2.75, 3.05) is 23.3 Å². The van der Waals surface area contributed by atoms with E-state index in [-0.39, 0.29) is 11.9 Å². The number of nitrogens with zero attached hydrogens (tertiary/aromatic N) is 1. The lowest BCUT2D eigenvalue weighted by atomic mass is 10.2. The molecule has 0 aromatic heterocycles. The van der Waals surface area contributed by atoms with Crippen LogP contribution in [0, 0.1) is 6.92 Å². The summed E-state index contributed by atoms with van der Waals surface area (Å²) in [6, 6.07) is 24.4.